The monoisotopic (exact) mass is 348 g/mol. The van der Waals surface area contributed by atoms with Crippen LogP contribution < -0.4 is 0 Å². The van der Waals surface area contributed by atoms with Crippen LogP contribution in [0.25, 0.3) is 0 Å². The second-order valence-electron chi connectivity index (χ2n) is 7.32. The summed E-state index contributed by atoms with van der Waals surface area (Å²) in [7, 11) is 0. The predicted molar refractivity (Wildman–Crippen MR) is 103 cm³/mol. The van der Waals surface area contributed by atoms with E-state index in [0.717, 1.165) is 11.1 Å². The van der Waals surface area contributed by atoms with Gasteiger partial charge >= 0.3 is 0 Å². The first-order valence-electron chi connectivity index (χ1n) is 8.87. The molecule has 0 bridgehead atoms. The molecule has 0 aromatic heterocycles. The lowest BCUT2D eigenvalue weighted by Crippen LogP contribution is -2.49. The standard InChI is InChI=1S/C23H24O3/c1-5-8-16-9-7-10-17(22(16)26)20-15(6-2)11-12-18-21(25)14(3)13-19(24)23(18,20)4/h5-7,9-11,13,18,20,26H,1-2,8,12H2,3-4H3/t18-,20+,23-/m0/s1. The van der Waals surface area contributed by atoms with Crippen LogP contribution in [-0.2, 0) is 16.0 Å². The van der Waals surface area contributed by atoms with Crippen molar-refractivity contribution in [3.63, 3.8) is 0 Å². The van der Waals surface area contributed by atoms with Gasteiger partial charge in [0.2, 0.25) is 0 Å². The molecule has 0 unspecified atom stereocenters. The topological polar surface area (TPSA) is 54.4 Å². The van der Waals surface area contributed by atoms with Gasteiger partial charge < -0.3 is 5.11 Å². The fraction of sp³-hybridized carbons (Fsp3) is 0.304. The van der Waals surface area contributed by atoms with Gasteiger partial charge in [0.1, 0.15) is 5.75 Å². The van der Waals surface area contributed by atoms with Crippen LogP contribution in [0.1, 0.15) is 37.3 Å². The Balaban J connectivity index is 2.25. The van der Waals surface area contributed by atoms with Crippen molar-refractivity contribution >= 4 is 11.6 Å². The second kappa shape index (κ2) is 6.56. The number of phenols is 1. The number of Topliss-reactive ketones (excluding diaryl/α,β-unsaturated/α-hetero) is 1. The largest absolute Gasteiger partial charge is 0.507 e. The van der Waals surface area contributed by atoms with Crippen molar-refractivity contribution in [2.75, 3.05) is 0 Å². The van der Waals surface area contributed by atoms with Crippen molar-refractivity contribution in [2.24, 2.45) is 11.3 Å². The molecule has 0 saturated carbocycles. The minimum Gasteiger partial charge on any atom is -0.507 e. The highest BCUT2D eigenvalue weighted by Crippen LogP contribution is 2.56. The van der Waals surface area contributed by atoms with Crippen LogP contribution in [0.2, 0.25) is 0 Å². The number of carbonyl (C=O) groups excluding carboxylic acids is 2. The van der Waals surface area contributed by atoms with E-state index in [-0.39, 0.29) is 17.3 Å². The molecule has 0 saturated heterocycles. The van der Waals surface area contributed by atoms with E-state index in [0.29, 0.717) is 24.0 Å². The maximum absolute atomic E-state index is 13.1. The molecule has 2 aliphatic carbocycles. The van der Waals surface area contributed by atoms with E-state index < -0.39 is 17.3 Å². The van der Waals surface area contributed by atoms with E-state index in [1.807, 2.05) is 31.2 Å². The molecule has 1 aromatic carbocycles. The minimum atomic E-state index is -0.931. The zero-order valence-electron chi connectivity index (χ0n) is 15.3. The smallest absolute Gasteiger partial charge is 0.163 e. The van der Waals surface area contributed by atoms with E-state index in [4.69, 9.17) is 0 Å². The average molecular weight is 348 g/mol. The summed E-state index contributed by atoms with van der Waals surface area (Å²) in [6.45, 7) is 11.2. The van der Waals surface area contributed by atoms with Gasteiger partial charge in [-0.25, -0.2) is 0 Å². The highest BCUT2D eigenvalue weighted by molar-refractivity contribution is 6.13. The van der Waals surface area contributed by atoms with Crippen LogP contribution in [0, 0.1) is 11.3 Å². The van der Waals surface area contributed by atoms with Gasteiger partial charge in [-0.05, 0) is 42.6 Å². The van der Waals surface area contributed by atoms with E-state index in [1.165, 1.54) is 6.08 Å². The third-order valence-electron chi connectivity index (χ3n) is 5.89. The van der Waals surface area contributed by atoms with Gasteiger partial charge in [-0.15, -0.1) is 6.58 Å². The lowest BCUT2D eigenvalue weighted by Gasteiger charge is -2.47. The van der Waals surface area contributed by atoms with Crippen LogP contribution in [0.15, 0.2) is 66.8 Å². The van der Waals surface area contributed by atoms with Crippen LogP contribution in [0.5, 0.6) is 5.75 Å². The maximum Gasteiger partial charge on any atom is 0.163 e. The Hall–Kier alpha value is -2.68. The molecule has 26 heavy (non-hydrogen) atoms. The summed E-state index contributed by atoms with van der Waals surface area (Å²) >= 11 is 0. The number of benzene rings is 1. The van der Waals surface area contributed by atoms with Crippen molar-refractivity contribution in [3.8, 4) is 5.75 Å². The summed E-state index contributed by atoms with van der Waals surface area (Å²) in [6, 6.07) is 5.55. The number of allylic oxidation sites excluding steroid dienone is 6. The third-order valence-corrected chi connectivity index (χ3v) is 5.89. The number of phenolic OH excluding ortho intramolecular Hbond substituents is 1. The Kier molecular flexibility index (Phi) is 4.57. The predicted octanol–water partition coefficient (Wildman–Crippen LogP) is 4.44. The summed E-state index contributed by atoms with van der Waals surface area (Å²) in [5.74, 6) is -0.720. The van der Waals surface area contributed by atoms with E-state index >= 15 is 0 Å². The van der Waals surface area contributed by atoms with Crippen molar-refractivity contribution in [2.45, 2.75) is 32.6 Å². The van der Waals surface area contributed by atoms with Crippen LogP contribution in [-0.4, -0.2) is 16.7 Å². The molecule has 0 radical (unpaired) electrons. The Bertz CT molecular complexity index is 871. The van der Waals surface area contributed by atoms with E-state index in [9.17, 15) is 14.7 Å². The van der Waals surface area contributed by atoms with Crippen LogP contribution in [0.4, 0.5) is 0 Å². The molecule has 3 atom stereocenters. The minimum absolute atomic E-state index is 0.0122. The van der Waals surface area contributed by atoms with Crippen LogP contribution in [0.3, 0.4) is 0 Å². The number of carbonyl (C=O) groups is 2. The van der Waals surface area contributed by atoms with Gasteiger partial charge in [-0.2, -0.15) is 0 Å². The lowest BCUT2D eigenvalue weighted by molar-refractivity contribution is -0.137. The molecule has 3 rings (SSSR count). The summed E-state index contributed by atoms with van der Waals surface area (Å²) < 4.78 is 0. The molecular weight excluding hydrogens is 324 g/mol. The first-order chi connectivity index (χ1) is 12.4. The fourth-order valence-corrected chi connectivity index (χ4v) is 4.42. The summed E-state index contributed by atoms with van der Waals surface area (Å²) in [4.78, 5) is 25.9. The molecule has 0 amide bonds. The molecule has 3 nitrogen and oxygen atoms in total. The third kappa shape index (κ3) is 2.50. The molecule has 1 N–H and O–H groups in total. The molecular formula is C23H24O3. The van der Waals surface area contributed by atoms with Crippen molar-refractivity contribution < 1.29 is 14.7 Å². The summed E-state index contributed by atoms with van der Waals surface area (Å²) in [5.41, 5.74) is 1.88. The van der Waals surface area contributed by atoms with Gasteiger partial charge in [0.25, 0.3) is 0 Å². The maximum atomic E-state index is 13.1. The number of hydrogen-bond donors (Lipinski definition) is 1. The highest BCUT2D eigenvalue weighted by Gasteiger charge is 2.55. The Morgan fingerprint density at radius 2 is 2.04 bits per heavy atom. The Labute approximate surface area is 154 Å². The molecule has 0 aliphatic heterocycles. The Morgan fingerprint density at radius 3 is 2.69 bits per heavy atom. The average Bonchev–Trinajstić information content (AvgIpc) is 2.62. The summed E-state index contributed by atoms with van der Waals surface area (Å²) in [6.07, 6.45) is 7.95. The van der Waals surface area contributed by atoms with Crippen molar-refractivity contribution in [1.29, 1.82) is 0 Å². The van der Waals surface area contributed by atoms with Crippen LogP contribution >= 0.6 is 0 Å². The van der Waals surface area contributed by atoms with E-state index in [2.05, 4.69) is 13.2 Å². The normalized spacial score (nSPS) is 28.1. The first kappa shape index (κ1) is 18.1. The zero-order valence-corrected chi connectivity index (χ0v) is 15.3. The second-order valence-corrected chi connectivity index (χ2v) is 7.32. The molecule has 0 fully saturated rings. The SMILES string of the molecule is C=CCc1cccc([C@H]2C(C=C)=CC[C@H]3C(=O)C(C)=CC(=O)[C@@]23C)c1O. The molecule has 0 heterocycles. The van der Waals surface area contributed by atoms with Gasteiger partial charge in [-0.1, -0.05) is 49.9 Å². The van der Waals surface area contributed by atoms with E-state index in [1.54, 1.807) is 19.1 Å². The molecule has 3 heteroatoms. The number of aromatic hydroxyl groups is 1. The number of rotatable bonds is 4. The highest BCUT2D eigenvalue weighted by atomic mass is 16.3. The van der Waals surface area contributed by atoms with Gasteiger partial charge in [0.05, 0.1) is 5.41 Å². The fourth-order valence-electron chi connectivity index (χ4n) is 4.42. The van der Waals surface area contributed by atoms with Crippen molar-refractivity contribution in [1.82, 2.24) is 0 Å². The molecule has 134 valence electrons. The number of para-hydroxylation sites is 1. The lowest BCUT2D eigenvalue weighted by atomic mass is 9.53. The van der Waals surface area contributed by atoms with Gasteiger partial charge in [-0.3, -0.25) is 9.59 Å². The number of hydrogen-bond acceptors (Lipinski definition) is 3. The van der Waals surface area contributed by atoms with Crippen molar-refractivity contribution in [3.05, 3.63) is 77.9 Å². The van der Waals surface area contributed by atoms with Gasteiger partial charge in [0, 0.05) is 17.4 Å². The molecule has 2 aliphatic rings. The zero-order chi connectivity index (χ0) is 19.1. The number of ketones is 2. The molecule has 1 aromatic rings. The molecule has 0 spiro atoms. The first-order valence-corrected chi connectivity index (χ1v) is 8.87. The summed E-state index contributed by atoms with van der Waals surface area (Å²) in [5, 5.41) is 10.9. The Morgan fingerprint density at radius 1 is 1.31 bits per heavy atom. The number of fused-ring (bicyclic) bond motifs is 1. The van der Waals surface area contributed by atoms with Gasteiger partial charge in [0.15, 0.2) is 11.6 Å². The quantitative estimate of drug-likeness (QED) is 0.818.